The minimum Gasteiger partial charge on any atom is -0.319 e. The summed E-state index contributed by atoms with van der Waals surface area (Å²) in [7, 11) is 0. The van der Waals surface area contributed by atoms with Gasteiger partial charge in [0.15, 0.2) is 0 Å². The van der Waals surface area contributed by atoms with Crippen molar-refractivity contribution in [2.24, 2.45) is 4.99 Å². The number of hydrogen-bond acceptors (Lipinski definition) is 5. The van der Waals surface area contributed by atoms with Gasteiger partial charge in [-0.25, -0.2) is 9.67 Å². The van der Waals surface area contributed by atoms with E-state index in [4.69, 9.17) is 0 Å². The topological polar surface area (TPSA) is 85.1 Å². The fourth-order valence-electron chi connectivity index (χ4n) is 2.52. The van der Waals surface area contributed by atoms with Crippen molar-refractivity contribution >= 4 is 12.2 Å². The van der Waals surface area contributed by atoms with Gasteiger partial charge in [-0.05, 0) is 43.3 Å². The fourth-order valence-corrected chi connectivity index (χ4v) is 2.52. The lowest BCUT2D eigenvalue weighted by Gasteiger charge is -2.06. The molecule has 3 rings (SSSR count). The molecule has 0 fully saturated rings. The maximum atomic E-state index is 13.4. The van der Waals surface area contributed by atoms with Gasteiger partial charge in [0.05, 0.1) is 17.6 Å². The zero-order chi connectivity index (χ0) is 22.3. The average molecular weight is 426 g/mol. The van der Waals surface area contributed by atoms with E-state index in [1.807, 2.05) is 0 Å². The molecule has 158 valence electrons. The van der Waals surface area contributed by atoms with Crippen LogP contribution in [-0.2, 0) is 6.18 Å². The summed E-state index contributed by atoms with van der Waals surface area (Å²) in [6, 6.07) is 9.00. The SMILES string of the molecule is C/C=C\C(=C/N=Cn1nc(-c2cccnc2)cc1C(F)(F)F)NC(=O)c1ccccn1. The Labute approximate surface area is 175 Å². The molecular weight excluding hydrogens is 409 g/mol. The Balaban J connectivity index is 1.87. The molecule has 0 bridgehead atoms. The molecule has 3 heterocycles. The predicted octanol–water partition coefficient (Wildman–Crippen LogP) is 4.08. The second-order valence-corrected chi connectivity index (χ2v) is 6.12. The molecule has 3 aromatic heterocycles. The minimum atomic E-state index is -4.64. The second kappa shape index (κ2) is 9.61. The first-order valence-electron chi connectivity index (χ1n) is 9.04. The number of aromatic nitrogens is 4. The van der Waals surface area contributed by atoms with Gasteiger partial charge in [-0.1, -0.05) is 12.1 Å². The van der Waals surface area contributed by atoms with Crippen molar-refractivity contribution in [3.63, 3.8) is 0 Å². The van der Waals surface area contributed by atoms with E-state index in [2.05, 4.69) is 25.4 Å². The molecule has 31 heavy (non-hydrogen) atoms. The molecular formula is C21H17F3N6O. The zero-order valence-corrected chi connectivity index (χ0v) is 16.3. The Morgan fingerprint density at radius 2 is 2.03 bits per heavy atom. The van der Waals surface area contributed by atoms with Crippen molar-refractivity contribution in [2.45, 2.75) is 13.1 Å². The highest BCUT2D eigenvalue weighted by Crippen LogP contribution is 2.31. The van der Waals surface area contributed by atoms with Crippen LogP contribution < -0.4 is 5.32 Å². The van der Waals surface area contributed by atoms with E-state index in [1.165, 1.54) is 30.9 Å². The van der Waals surface area contributed by atoms with Crippen molar-refractivity contribution in [1.29, 1.82) is 0 Å². The molecule has 0 unspecified atom stereocenters. The number of halogens is 3. The lowest BCUT2D eigenvalue weighted by molar-refractivity contribution is -0.142. The van der Waals surface area contributed by atoms with E-state index in [9.17, 15) is 18.0 Å². The van der Waals surface area contributed by atoms with Crippen molar-refractivity contribution in [1.82, 2.24) is 25.1 Å². The smallest absolute Gasteiger partial charge is 0.319 e. The molecule has 3 aromatic rings. The lowest BCUT2D eigenvalue weighted by atomic mass is 10.2. The summed E-state index contributed by atoms with van der Waals surface area (Å²) in [5.74, 6) is -0.478. The maximum absolute atomic E-state index is 13.4. The quantitative estimate of drug-likeness (QED) is 0.366. The molecule has 0 aromatic carbocycles. The third-order valence-electron chi connectivity index (χ3n) is 3.87. The molecule has 1 amide bonds. The molecule has 0 spiro atoms. The van der Waals surface area contributed by atoms with Crippen molar-refractivity contribution in [2.75, 3.05) is 0 Å². The van der Waals surface area contributed by atoms with Gasteiger partial charge >= 0.3 is 6.18 Å². The van der Waals surface area contributed by atoms with Crippen LogP contribution in [0.25, 0.3) is 11.3 Å². The van der Waals surface area contributed by atoms with Crippen LogP contribution in [0.15, 0.2) is 84.0 Å². The van der Waals surface area contributed by atoms with E-state index in [-0.39, 0.29) is 17.1 Å². The van der Waals surface area contributed by atoms with Gasteiger partial charge in [-0.3, -0.25) is 14.8 Å². The Kier molecular flexibility index (Phi) is 6.71. The highest BCUT2D eigenvalue weighted by Gasteiger charge is 2.35. The predicted molar refractivity (Wildman–Crippen MR) is 109 cm³/mol. The number of amides is 1. The monoisotopic (exact) mass is 426 g/mol. The molecule has 0 saturated carbocycles. The van der Waals surface area contributed by atoms with Gasteiger partial charge in [0.2, 0.25) is 0 Å². The number of carbonyl (C=O) groups excluding carboxylic acids is 1. The molecule has 0 radical (unpaired) electrons. The molecule has 0 atom stereocenters. The molecule has 1 N–H and O–H groups in total. The molecule has 0 aliphatic carbocycles. The number of rotatable bonds is 6. The first kappa shape index (κ1) is 21.6. The minimum absolute atomic E-state index is 0.105. The van der Waals surface area contributed by atoms with Gasteiger partial charge in [0.1, 0.15) is 17.7 Å². The number of carbonyl (C=O) groups is 1. The largest absolute Gasteiger partial charge is 0.433 e. The number of allylic oxidation sites excluding steroid dienone is 2. The van der Waals surface area contributed by atoms with Gasteiger partial charge in [0.25, 0.3) is 5.91 Å². The molecule has 0 aliphatic heterocycles. The fraction of sp³-hybridized carbons (Fsp3) is 0.0952. The van der Waals surface area contributed by atoms with Crippen LogP contribution in [0, 0.1) is 0 Å². The van der Waals surface area contributed by atoms with Crippen LogP contribution in [0.5, 0.6) is 0 Å². The summed E-state index contributed by atoms with van der Waals surface area (Å²) >= 11 is 0. The Morgan fingerprint density at radius 1 is 1.19 bits per heavy atom. The summed E-state index contributed by atoms with van der Waals surface area (Å²) < 4.78 is 40.9. The van der Waals surface area contributed by atoms with Gasteiger partial charge < -0.3 is 5.32 Å². The number of aliphatic imine (C=N–C) groups is 1. The molecule has 10 heteroatoms. The van der Waals surface area contributed by atoms with Crippen molar-refractivity contribution in [3.8, 4) is 11.3 Å². The number of pyridine rings is 2. The third-order valence-corrected chi connectivity index (χ3v) is 3.87. The van der Waals surface area contributed by atoms with Crippen LogP contribution in [0.3, 0.4) is 0 Å². The molecule has 0 saturated heterocycles. The van der Waals surface area contributed by atoms with E-state index in [1.54, 1.807) is 43.3 Å². The van der Waals surface area contributed by atoms with E-state index < -0.39 is 17.8 Å². The average Bonchev–Trinajstić information content (AvgIpc) is 3.20. The second-order valence-electron chi connectivity index (χ2n) is 6.12. The van der Waals surface area contributed by atoms with Crippen molar-refractivity contribution in [3.05, 3.63) is 90.4 Å². The number of alkyl halides is 3. The van der Waals surface area contributed by atoms with Gasteiger partial charge in [-0.2, -0.15) is 18.3 Å². The van der Waals surface area contributed by atoms with Crippen LogP contribution in [0.4, 0.5) is 13.2 Å². The summed E-state index contributed by atoms with van der Waals surface area (Å²) in [6.45, 7) is 1.72. The third kappa shape index (κ3) is 5.72. The number of hydrogen-bond donors (Lipinski definition) is 1. The summed E-state index contributed by atoms with van der Waals surface area (Å²) in [6.07, 6.45) is 5.10. The Bertz CT molecular complexity index is 1120. The van der Waals surface area contributed by atoms with E-state index in [0.29, 0.717) is 10.2 Å². The summed E-state index contributed by atoms with van der Waals surface area (Å²) in [4.78, 5) is 24.0. The van der Waals surface area contributed by atoms with Crippen LogP contribution in [0.1, 0.15) is 23.1 Å². The van der Waals surface area contributed by atoms with Crippen LogP contribution in [0.2, 0.25) is 0 Å². The lowest BCUT2D eigenvalue weighted by Crippen LogP contribution is -2.22. The van der Waals surface area contributed by atoms with E-state index >= 15 is 0 Å². The molecule has 0 aliphatic rings. The Hall–Kier alpha value is -4.08. The normalized spacial score (nSPS) is 12.6. The van der Waals surface area contributed by atoms with Crippen LogP contribution >= 0.6 is 0 Å². The first-order valence-corrected chi connectivity index (χ1v) is 9.04. The van der Waals surface area contributed by atoms with E-state index in [0.717, 1.165) is 12.4 Å². The highest BCUT2D eigenvalue weighted by molar-refractivity contribution is 5.93. The molecule has 7 nitrogen and oxygen atoms in total. The van der Waals surface area contributed by atoms with Gasteiger partial charge in [0, 0.05) is 24.2 Å². The van der Waals surface area contributed by atoms with Crippen molar-refractivity contribution < 1.29 is 18.0 Å². The Morgan fingerprint density at radius 3 is 2.68 bits per heavy atom. The zero-order valence-electron chi connectivity index (χ0n) is 16.3. The van der Waals surface area contributed by atoms with Crippen LogP contribution in [-0.4, -0.2) is 32.0 Å². The summed E-state index contributed by atoms with van der Waals surface area (Å²) in [5, 5.41) is 6.56. The standard InChI is InChI=1S/C21H17F3N6O/c1-2-6-16(28-20(31)17-8-3-4-10-27-17)13-26-14-30-19(21(22,23)24)11-18(29-30)15-7-5-9-25-12-15/h2-14H,1H3,(H,28,31)/b6-2-,16-13+,26-14?. The number of nitrogens with one attached hydrogen (secondary N) is 1. The van der Waals surface area contributed by atoms with Gasteiger partial charge in [-0.15, -0.1) is 0 Å². The highest BCUT2D eigenvalue weighted by atomic mass is 19.4. The first-order chi connectivity index (χ1) is 14.9. The number of nitrogens with zero attached hydrogens (tertiary/aromatic N) is 5. The maximum Gasteiger partial charge on any atom is 0.433 e. The summed E-state index contributed by atoms with van der Waals surface area (Å²) in [5.41, 5.74) is 0.00606.